The maximum Gasteiger partial charge on any atom is 0.158 e. The van der Waals surface area contributed by atoms with Crippen molar-refractivity contribution in [2.24, 2.45) is 5.73 Å². The molecule has 0 saturated carbocycles. The van der Waals surface area contributed by atoms with Crippen molar-refractivity contribution in [3.63, 3.8) is 0 Å². The second kappa shape index (κ2) is 8.32. The van der Waals surface area contributed by atoms with Gasteiger partial charge < -0.3 is 15.2 Å². The summed E-state index contributed by atoms with van der Waals surface area (Å²) in [5.41, 5.74) is 7.09. The lowest BCUT2D eigenvalue weighted by atomic mass is 9.94. The van der Waals surface area contributed by atoms with E-state index >= 15 is 0 Å². The average Bonchev–Trinajstić information content (AvgIpc) is 2.51. The van der Waals surface area contributed by atoms with Crippen LogP contribution in [0.2, 0.25) is 0 Å². The predicted octanol–water partition coefficient (Wildman–Crippen LogP) is 1.63. The first-order valence-electron chi connectivity index (χ1n) is 6.99. The van der Waals surface area contributed by atoms with Crippen molar-refractivity contribution in [2.75, 3.05) is 27.3 Å². The molecule has 0 spiro atoms. The molecule has 0 fully saturated rings. The van der Waals surface area contributed by atoms with E-state index in [4.69, 9.17) is 15.2 Å². The first-order valence-corrected chi connectivity index (χ1v) is 6.99. The monoisotopic (exact) mass is 281 g/mol. The lowest BCUT2D eigenvalue weighted by Crippen LogP contribution is -2.53. The summed E-state index contributed by atoms with van der Waals surface area (Å²) in [6.07, 6.45) is 4.12. The van der Waals surface area contributed by atoms with E-state index in [2.05, 4.69) is 23.7 Å². The molecule has 1 aromatic heterocycles. The molecule has 20 heavy (non-hydrogen) atoms. The van der Waals surface area contributed by atoms with Gasteiger partial charge in [0, 0.05) is 51.7 Å². The fourth-order valence-electron chi connectivity index (χ4n) is 2.36. The molecule has 0 bridgehead atoms. The molecule has 0 radical (unpaired) electrons. The number of nitrogens with two attached hydrogens (primary N) is 1. The van der Waals surface area contributed by atoms with Gasteiger partial charge in [0.05, 0.1) is 0 Å². The van der Waals surface area contributed by atoms with Gasteiger partial charge in [-0.2, -0.15) is 0 Å². The summed E-state index contributed by atoms with van der Waals surface area (Å²) in [4.78, 5) is 6.41. The van der Waals surface area contributed by atoms with Crippen LogP contribution in [-0.2, 0) is 16.0 Å². The Bertz CT molecular complexity index is 371. The fraction of sp³-hybridized carbons (Fsp3) is 0.667. The lowest BCUT2D eigenvalue weighted by molar-refractivity contribution is -0.129. The van der Waals surface area contributed by atoms with E-state index in [1.54, 1.807) is 14.2 Å². The standard InChI is InChI=1S/C15H27N3O2/c1-5-18(11-13-6-8-17-9-7-13)15(2,12-16)10-14(19-3)20-4/h6-9,14H,5,10-12,16H2,1-4H3. The van der Waals surface area contributed by atoms with Crippen molar-refractivity contribution in [2.45, 2.75) is 38.6 Å². The third-order valence-corrected chi connectivity index (χ3v) is 3.84. The van der Waals surface area contributed by atoms with E-state index in [-0.39, 0.29) is 11.8 Å². The number of aromatic nitrogens is 1. The highest BCUT2D eigenvalue weighted by Crippen LogP contribution is 2.23. The second-order valence-corrected chi connectivity index (χ2v) is 5.18. The van der Waals surface area contributed by atoms with Crippen molar-refractivity contribution >= 4 is 0 Å². The van der Waals surface area contributed by atoms with Crippen molar-refractivity contribution in [1.82, 2.24) is 9.88 Å². The first-order chi connectivity index (χ1) is 9.59. The quantitative estimate of drug-likeness (QED) is 0.697. The third-order valence-electron chi connectivity index (χ3n) is 3.84. The van der Waals surface area contributed by atoms with Crippen LogP contribution < -0.4 is 5.73 Å². The second-order valence-electron chi connectivity index (χ2n) is 5.18. The Kier molecular flexibility index (Phi) is 7.09. The maximum absolute atomic E-state index is 6.03. The molecule has 0 saturated heterocycles. The maximum atomic E-state index is 6.03. The van der Waals surface area contributed by atoms with Gasteiger partial charge in [0.2, 0.25) is 0 Å². The van der Waals surface area contributed by atoms with Gasteiger partial charge in [0.1, 0.15) is 0 Å². The van der Waals surface area contributed by atoms with Gasteiger partial charge in [-0.25, -0.2) is 0 Å². The van der Waals surface area contributed by atoms with E-state index in [0.717, 1.165) is 19.5 Å². The number of nitrogens with zero attached hydrogens (tertiary/aromatic N) is 2. The van der Waals surface area contributed by atoms with Crippen molar-refractivity contribution < 1.29 is 9.47 Å². The predicted molar refractivity (Wildman–Crippen MR) is 80.2 cm³/mol. The van der Waals surface area contributed by atoms with Crippen molar-refractivity contribution in [3.8, 4) is 0 Å². The smallest absolute Gasteiger partial charge is 0.158 e. The molecule has 0 aliphatic carbocycles. The number of rotatable bonds is 9. The Labute approximate surface area is 122 Å². The minimum atomic E-state index is -0.241. The molecule has 1 aromatic rings. The Morgan fingerprint density at radius 1 is 1.30 bits per heavy atom. The van der Waals surface area contributed by atoms with Gasteiger partial charge in [-0.15, -0.1) is 0 Å². The Balaban J connectivity index is 2.82. The van der Waals surface area contributed by atoms with E-state index in [9.17, 15) is 0 Å². The topological polar surface area (TPSA) is 60.6 Å². The molecule has 1 unspecified atom stereocenters. The van der Waals surface area contributed by atoms with E-state index in [1.165, 1.54) is 5.56 Å². The van der Waals surface area contributed by atoms with Crippen LogP contribution >= 0.6 is 0 Å². The number of pyridine rings is 1. The van der Waals surface area contributed by atoms with E-state index < -0.39 is 0 Å². The highest BCUT2D eigenvalue weighted by Gasteiger charge is 2.32. The summed E-state index contributed by atoms with van der Waals surface area (Å²) in [7, 11) is 3.31. The summed E-state index contributed by atoms with van der Waals surface area (Å²) in [6, 6.07) is 4.06. The zero-order chi connectivity index (χ0) is 15.0. The minimum absolute atomic E-state index is 0.172. The lowest BCUT2D eigenvalue weighted by Gasteiger charge is -2.41. The van der Waals surface area contributed by atoms with Crippen LogP contribution in [0.4, 0.5) is 0 Å². The van der Waals surface area contributed by atoms with Crippen LogP contribution in [0, 0.1) is 0 Å². The molecular formula is C15H27N3O2. The molecule has 1 atom stereocenters. The van der Waals surface area contributed by atoms with Gasteiger partial charge in [0.15, 0.2) is 6.29 Å². The summed E-state index contributed by atoms with van der Waals surface area (Å²) in [6.45, 7) is 6.60. The van der Waals surface area contributed by atoms with Crippen LogP contribution in [0.15, 0.2) is 24.5 Å². The number of likely N-dealkylation sites (N-methyl/N-ethyl adjacent to an activating group) is 1. The van der Waals surface area contributed by atoms with Crippen LogP contribution in [0.3, 0.4) is 0 Å². The molecule has 0 aliphatic rings. The molecule has 5 heteroatoms. The number of ether oxygens (including phenoxy) is 2. The van der Waals surface area contributed by atoms with Gasteiger partial charge in [-0.05, 0) is 31.2 Å². The molecule has 1 heterocycles. The summed E-state index contributed by atoms with van der Waals surface area (Å²) < 4.78 is 10.7. The van der Waals surface area contributed by atoms with Crippen LogP contribution in [0.1, 0.15) is 25.8 Å². The zero-order valence-corrected chi connectivity index (χ0v) is 13.0. The van der Waals surface area contributed by atoms with E-state index in [1.807, 2.05) is 24.5 Å². The van der Waals surface area contributed by atoms with Crippen LogP contribution in [0.25, 0.3) is 0 Å². The van der Waals surface area contributed by atoms with Gasteiger partial charge in [-0.3, -0.25) is 9.88 Å². The van der Waals surface area contributed by atoms with E-state index in [0.29, 0.717) is 6.54 Å². The number of methoxy groups -OCH3 is 2. The SMILES string of the molecule is CCN(Cc1ccncc1)C(C)(CN)CC(OC)OC. The molecule has 0 aliphatic heterocycles. The highest BCUT2D eigenvalue weighted by molar-refractivity contribution is 5.10. The molecule has 2 N–H and O–H groups in total. The first kappa shape index (κ1) is 17.0. The largest absolute Gasteiger partial charge is 0.356 e. The molecule has 114 valence electrons. The Morgan fingerprint density at radius 3 is 2.35 bits per heavy atom. The van der Waals surface area contributed by atoms with Gasteiger partial charge >= 0.3 is 0 Å². The summed E-state index contributed by atoms with van der Waals surface area (Å²) in [5.74, 6) is 0. The number of hydrogen-bond acceptors (Lipinski definition) is 5. The fourth-order valence-corrected chi connectivity index (χ4v) is 2.36. The highest BCUT2D eigenvalue weighted by atomic mass is 16.7. The van der Waals surface area contributed by atoms with Gasteiger partial charge in [0.25, 0.3) is 0 Å². The van der Waals surface area contributed by atoms with Crippen LogP contribution in [-0.4, -0.2) is 49.0 Å². The van der Waals surface area contributed by atoms with Crippen molar-refractivity contribution in [3.05, 3.63) is 30.1 Å². The summed E-state index contributed by atoms with van der Waals surface area (Å²) in [5, 5.41) is 0. The molecule has 1 rings (SSSR count). The Morgan fingerprint density at radius 2 is 1.90 bits per heavy atom. The molecule has 0 aromatic carbocycles. The Hall–Kier alpha value is -1.01. The molecule has 0 amide bonds. The number of hydrogen-bond donors (Lipinski definition) is 1. The normalized spacial score (nSPS) is 14.8. The minimum Gasteiger partial charge on any atom is -0.356 e. The van der Waals surface area contributed by atoms with Crippen molar-refractivity contribution in [1.29, 1.82) is 0 Å². The average molecular weight is 281 g/mol. The molecule has 5 nitrogen and oxygen atoms in total. The van der Waals surface area contributed by atoms with Crippen LogP contribution in [0.5, 0.6) is 0 Å². The molecular weight excluding hydrogens is 254 g/mol. The summed E-state index contributed by atoms with van der Waals surface area (Å²) >= 11 is 0. The van der Waals surface area contributed by atoms with Gasteiger partial charge in [-0.1, -0.05) is 6.92 Å². The zero-order valence-electron chi connectivity index (χ0n) is 13.0. The third kappa shape index (κ3) is 4.52.